The zero-order chi connectivity index (χ0) is 10.1. The second-order valence-electron chi connectivity index (χ2n) is 3.03. The molecule has 0 rings (SSSR count). The molecule has 13 heavy (non-hydrogen) atoms. The summed E-state index contributed by atoms with van der Waals surface area (Å²) < 4.78 is 0. The average Bonchev–Trinajstić information content (AvgIpc) is 2.12. The van der Waals surface area contributed by atoms with Crippen LogP contribution in [0.3, 0.4) is 0 Å². The van der Waals surface area contributed by atoms with Gasteiger partial charge in [0.1, 0.15) is 0 Å². The molecule has 0 aromatic carbocycles. The van der Waals surface area contributed by atoms with Crippen molar-refractivity contribution in [3.63, 3.8) is 0 Å². The van der Waals surface area contributed by atoms with Crippen molar-refractivity contribution in [1.29, 1.82) is 0 Å². The van der Waals surface area contributed by atoms with Crippen LogP contribution in [-0.4, -0.2) is 12.5 Å². The van der Waals surface area contributed by atoms with E-state index >= 15 is 0 Å². The molecule has 0 saturated heterocycles. The normalized spacial score (nSPS) is 11.5. The molecule has 0 fully saturated rings. The molecule has 0 aromatic heterocycles. The minimum absolute atomic E-state index is 0.0297. The Hall–Kier alpha value is -0.830. The second-order valence-corrected chi connectivity index (χ2v) is 3.03. The molecule has 76 valence electrons. The molecule has 0 saturated carbocycles. The summed E-state index contributed by atoms with van der Waals surface area (Å²) in [5.74, 6) is -0.0297. The largest absolute Gasteiger partial charge is 0.288 e. The summed E-state index contributed by atoms with van der Waals surface area (Å²) in [4.78, 5) is 11.3. The number of nitrogens with one attached hydrogen (secondary N) is 2. The first-order valence-electron chi connectivity index (χ1n) is 4.92. The van der Waals surface area contributed by atoms with Gasteiger partial charge in [-0.15, -0.1) is 0 Å². The van der Waals surface area contributed by atoms with E-state index in [-0.39, 0.29) is 5.91 Å². The number of hydrazine groups is 1. The van der Waals surface area contributed by atoms with Gasteiger partial charge in [0.05, 0.1) is 0 Å². The van der Waals surface area contributed by atoms with Crippen LogP contribution in [0.4, 0.5) is 0 Å². The molecule has 0 aliphatic heterocycles. The summed E-state index contributed by atoms with van der Waals surface area (Å²) in [6.45, 7) is 6.79. The Morgan fingerprint density at radius 3 is 2.62 bits per heavy atom. The Morgan fingerprint density at radius 1 is 1.38 bits per heavy atom. The molecule has 0 radical (unpaired) electrons. The van der Waals surface area contributed by atoms with Gasteiger partial charge in [-0.3, -0.25) is 10.2 Å². The monoisotopic (exact) mass is 184 g/mol. The highest BCUT2D eigenvalue weighted by molar-refractivity contribution is 5.92. The minimum atomic E-state index is -0.0297. The fourth-order valence-corrected chi connectivity index (χ4v) is 0.905. The highest BCUT2D eigenvalue weighted by Crippen LogP contribution is 1.93. The number of hydrogen-bond donors (Lipinski definition) is 2. The van der Waals surface area contributed by atoms with E-state index in [1.54, 1.807) is 0 Å². The molecule has 0 bridgehead atoms. The summed E-state index contributed by atoms with van der Waals surface area (Å²) in [7, 11) is 0. The molecule has 3 heteroatoms. The molecule has 1 amide bonds. The van der Waals surface area contributed by atoms with Crippen LogP contribution < -0.4 is 10.9 Å². The number of carbonyl (C=O) groups excluding carboxylic acids is 1. The average molecular weight is 184 g/mol. The van der Waals surface area contributed by atoms with E-state index in [9.17, 15) is 4.79 Å². The van der Waals surface area contributed by atoms with Crippen LogP contribution in [0.5, 0.6) is 0 Å². The number of carbonyl (C=O) groups is 1. The fourth-order valence-electron chi connectivity index (χ4n) is 0.905. The van der Waals surface area contributed by atoms with Crippen molar-refractivity contribution in [2.75, 3.05) is 6.54 Å². The van der Waals surface area contributed by atoms with Crippen LogP contribution in [0.25, 0.3) is 0 Å². The Bertz CT molecular complexity index is 176. The van der Waals surface area contributed by atoms with Gasteiger partial charge in [0, 0.05) is 12.1 Å². The van der Waals surface area contributed by atoms with Crippen LogP contribution in [-0.2, 0) is 4.79 Å². The van der Waals surface area contributed by atoms with E-state index in [0.717, 1.165) is 31.4 Å². The molecule has 0 atom stereocenters. The number of rotatable bonds is 6. The van der Waals surface area contributed by atoms with E-state index in [1.807, 2.05) is 19.9 Å². The van der Waals surface area contributed by atoms with Gasteiger partial charge in [-0.1, -0.05) is 26.3 Å². The lowest BCUT2D eigenvalue weighted by Gasteiger charge is -2.06. The number of unbranched alkanes of at least 4 members (excludes halogenated alkanes) is 1. The summed E-state index contributed by atoms with van der Waals surface area (Å²) in [5.41, 5.74) is 6.30. The zero-order valence-corrected chi connectivity index (χ0v) is 8.81. The zero-order valence-electron chi connectivity index (χ0n) is 8.81. The first-order chi connectivity index (χ1) is 6.22. The summed E-state index contributed by atoms with van der Waals surface area (Å²) >= 11 is 0. The maximum atomic E-state index is 11.3. The van der Waals surface area contributed by atoms with Crippen molar-refractivity contribution in [3.05, 3.63) is 11.6 Å². The Morgan fingerprint density at radius 2 is 2.08 bits per heavy atom. The molecule has 0 unspecified atom stereocenters. The van der Waals surface area contributed by atoms with Crippen LogP contribution in [0.1, 0.15) is 40.0 Å². The molecule has 0 heterocycles. The molecule has 0 aromatic rings. The van der Waals surface area contributed by atoms with Gasteiger partial charge in [0.15, 0.2) is 0 Å². The Kier molecular flexibility index (Phi) is 7.30. The number of allylic oxidation sites excluding steroid dienone is 1. The minimum Gasteiger partial charge on any atom is -0.288 e. The Labute approximate surface area is 80.6 Å². The van der Waals surface area contributed by atoms with E-state index in [4.69, 9.17) is 0 Å². The predicted octanol–water partition coefficient (Wildman–Crippen LogP) is 1.76. The van der Waals surface area contributed by atoms with Crippen LogP contribution >= 0.6 is 0 Å². The molecule has 0 aliphatic rings. The molecule has 3 nitrogen and oxygen atoms in total. The van der Waals surface area contributed by atoms with E-state index in [2.05, 4.69) is 17.8 Å². The van der Waals surface area contributed by atoms with Crippen molar-refractivity contribution in [3.8, 4) is 0 Å². The van der Waals surface area contributed by atoms with Gasteiger partial charge >= 0.3 is 0 Å². The van der Waals surface area contributed by atoms with Crippen molar-refractivity contribution >= 4 is 5.91 Å². The first-order valence-corrected chi connectivity index (χ1v) is 4.92. The highest BCUT2D eigenvalue weighted by Gasteiger charge is 2.00. The Balaban J connectivity index is 3.56. The quantitative estimate of drug-likeness (QED) is 0.375. The van der Waals surface area contributed by atoms with Crippen LogP contribution in [0, 0.1) is 0 Å². The van der Waals surface area contributed by atoms with Gasteiger partial charge in [-0.2, -0.15) is 0 Å². The lowest BCUT2D eigenvalue weighted by atomic mass is 10.2. The number of hydrogen-bond acceptors (Lipinski definition) is 2. The topological polar surface area (TPSA) is 41.1 Å². The lowest BCUT2D eigenvalue weighted by molar-refractivity contribution is -0.118. The van der Waals surface area contributed by atoms with E-state index < -0.39 is 0 Å². The summed E-state index contributed by atoms with van der Waals surface area (Å²) in [5, 5.41) is 0. The predicted molar refractivity (Wildman–Crippen MR) is 55.1 cm³/mol. The number of amides is 1. The van der Waals surface area contributed by atoms with Gasteiger partial charge in [-0.05, 0) is 19.8 Å². The van der Waals surface area contributed by atoms with Gasteiger partial charge in [-0.25, -0.2) is 5.43 Å². The first kappa shape index (κ1) is 12.2. The standard InChI is InChI=1S/C10H20N2O/c1-4-6-8-11-12-10(13)9(3)7-5-2/h7,11H,4-6,8H2,1-3H3,(H,12,13). The van der Waals surface area contributed by atoms with Crippen molar-refractivity contribution in [2.24, 2.45) is 0 Å². The van der Waals surface area contributed by atoms with E-state index in [1.165, 1.54) is 0 Å². The third-order valence-corrected chi connectivity index (χ3v) is 1.73. The van der Waals surface area contributed by atoms with Crippen LogP contribution in [0.15, 0.2) is 11.6 Å². The fraction of sp³-hybridized carbons (Fsp3) is 0.700. The molecule has 0 aliphatic carbocycles. The van der Waals surface area contributed by atoms with Crippen molar-refractivity contribution in [2.45, 2.75) is 40.0 Å². The summed E-state index contributed by atoms with van der Waals surface area (Å²) in [6, 6.07) is 0. The van der Waals surface area contributed by atoms with Crippen LogP contribution in [0.2, 0.25) is 0 Å². The van der Waals surface area contributed by atoms with Gasteiger partial charge in [0.2, 0.25) is 0 Å². The lowest BCUT2D eigenvalue weighted by Crippen LogP contribution is -2.38. The van der Waals surface area contributed by atoms with E-state index in [0.29, 0.717) is 0 Å². The SMILES string of the molecule is CCC=C(C)C(=O)NNCCCC. The third-order valence-electron chi connectivity index (χ3n) is 1.73. The smallest absolute Gasteiger partial charge is 0.260 e. The molecule has 2 N–H and O–H groups in total. The van der Waals surface area contributed by atoms with Crippen molar-refractivity contribution < 1.29 is 4.79 Å². The van der Waals surface area contributed by atoms with Gasteiger partial charge < -0.3 is 0 Å². The second kappa shape index (κ2) is 7.80. The molecular formula is C10H20N2O. The highest BCUT2D eigenvalue weighted by atomic mass is 16.2. The maximum absolute atomic E-state index is 11.3. The molecule has 0 spiro atoms. The maximum Gasteiger partial charge on any atom is 0.260 e. The van der Waals surface area contributed by atoms with Gasteiger partial charge in [0.25, 0.3) is 5.91 Å². The third kappa shape index (κ3) is 6.34. The molecular weight excluding hydrogens is 164 g/mol. The van der Waals surface area contributed by atoms with Crippen molar-refractivity contribution in [1.82, 2.24) is 10.9 Å². The summed E-state index contributed by atoms with van der Waals surface area (Å²) in [6.07, 6.45) is 5.02.